The lowest BCUT2D eigenvalue weighted by Crippen LogP contribution is -2.39. The van der Waals surface area contributed by atoms with Gasteiger partial charge in [0.15, 0.2) is 0 Å². The van der Waals surface area contributed by atoms with Crippen molar-refractivity contribution in [2.24, 2.45) is 0 Å². The molecule has 4 heteroatoms. The number of hydrogen-bond donors (Lipinski definition) is 2. The van der Waals surface area contributed by atoms with Crippen LogP contribution in [-0.4, -0.2) is 24.7 Å². The Morgan fingerprint density at radius 3 is 2.76 bits per heavy atom. The zero-order valence-corrected chi connectivity index (χ0v) is 9.98. The van der Waals surface area contributed by atoms with Crippen LogP contribution in [0.1, 0.15) is 18.9 Å². The van der Waals surface area contributed by atoms with E-state index in [4.69, 9.17) is 10.5 Å². The highest BCUT2D eigenvalue weighted by Gasteiger charge is 2.25. The van der Waals surface area contributed by atoms with Gasteiger partial charge in [-0.1, -0.05) is 12.1 Å². The highest BCUT2D eigenvalue weighted by atomic mass is 16.5. The summed E-state index contributed by atoms with van der Waals surface area (Å²) < 4.78 is 5.40. The van der Waals surface area contributed by atoms with Crippen LogP contribution in [0.5, 0.6) is 0 Å². The topological polar surface area (TPSA) is 64.3 Å². The molecule has 0 radical (unpaired) electrons. The van der Waals surface area contributed by atoms with Crippen molar-refractivity contribution in [3.63, 3.8) is 0 Å². The molecule has 1 aromatic carbocycles. The van der Waals surface area contributed by atoms with Gasteiger partial charge in [0, 0.05) is 12.3 Å². The number of anilines is 1. The van der Waals surface area contributed by atoms with Gasteiger partial charge in [0.25, 0.3) is 0 Å². The smallest absolute Gasteiger partial charge is 0.224 e. The lowest BCUT2D eigenvalue weighted by molar-refractivity contribution is -0.121. The zero-order chi connectivity index (χ0) is 12.3. The molecule has 1 aliphatic rings. The molecule has 92 valence electrons. The van der Waals surface area contributed by atoms with Gasteiger partial charge in [0.05, 0.1) is 18.6 Å². The number of hydrogen-bond acceptors (Lipinski definition) is 3. The summed E-state index contributed by atoms with van der Waals surface area (Å²) in [6.45, 7) is 2.72. The van der Waals surface area contributed by atoms with Crippen molar-refractivity contribution >= 4 is 11.6 Å². The van der Waals surface area contributed by atoms with Crippen molar-refractivity contribution < 1.29 is 9.53 Å². The first-order valence-corrected chi connectivity index (χ1v) is 5.90. The molecular weight excluding hydrogens is 216 g/mol. The maximum absolute atomic E-state index is 11.8. The van der Waals surface area contributed by atoms with Crippen LogP contribution in [0.4, 0.5) is 5.69 Å². The third-order valence-electron chi connectivity index (χ3n) is 3.07. The SMILES string of the molecule is CC1OCCC1NC(=O)Cc1ccc(N)cc1. The fourth-order valence-electron chi connectivity index (χ4n) is 2.00. The van der Waals surface area contributed by atoms with Gasteiger partial charge in [0.1, 0.15) is 0 Å². The Labute approximate surface area is 101 Å². The van der Waals surface area contributed by atoms with Gasteiger partial charge in [0.2, 0.25) is 5.91 Å². The molecule has 1 aliphatic heterocycles. The Morgan fingerprint density at radius 1 is 1.47 bits per heavy atom. The predicted molar refractivity (Wildman–Crippen MR) is 66.5 cm³/mol. The molecule has 3 N–H and O–H groups in total. The van der Waals surface area contributed by atoms with Crippen molar-refractivity contribution in [1.29, 1.82) is 0 Å². The lowest BCUT2D eigenvalue weighted by Gasteiger charge is -2.15. The lowest BCUT2D eigenvalue weighted by atomic mass is 10.1. The average molecular weight is 234 g/mol. The predicted octanol–water partition coefficient (Wildman–Crippen LogP) is 1.10. The normalized spacial score (nSPS) is 23.6. The summed E-state index contributed by atoms with van der Waals surface area (Å²) in [5.41, 5.74) is 7.28. The van der Waals surface area contributed by atoms with Crippen molar-refractivity contribution in [2.45, 2.75) is 31.9 Å². The van der Waals surface area contributed by atoms with E-state index in [-0.39, 0.29) is 18.1 Å². The summed E-state index contributed by atoms with van der Waals surface area (Å²) >= 11 is 0. The molecule has 1 saturated heterocycles. The molecule has 0 bridgehead atoms. The highest BCUT2D eigenvalue weighted by molar-refractivity contribution is 5.79. The fourth-order valence-corrected chi connectivity index (χ4v) is 2.00. The number of nitrogen functional groups attached to an aromatic ring is 1. The third-order valence-corrected chi connectivity index (χ3v) is 3.07. The van der Waals surface area contributed by atoms with Crippen LogP contribution in [0.2, 0.25) is 0 Å². The van der Waals surface area contributed by atoms with E-state index in [1.807, 2.05) is 31.2 Å². The van der Waals surface area contributed by atoms with Crippen molar-refractivity contribution in [1.82, 2.24) is 5.32 Å². The number of ether oxygens (including phenoxy) is 1. The van der Waals surface area contributed by atoms with Gasteiger partial charge in [-0.3, -0.25) is 4.79 Å². The van der Waals surface area contributed by atoms with Crippen LogP contribution < -0.4 is 11.1 Å². The van der Waals surface area contributed by atoms with Crippen molar-refractivity contribution in [3.05, 3.63) is 29.8 Å². The molecule has 1 heterocycles. The molecule has 2 atom stereocenters. The fraction of sp³-hybridized carbons (Fsp3) is 0.462. The Hall–Kier alpha value is -1.55. The van der Waals surface area contributed by atoms with E-state index in [0.29, 0.717) is 12.1 Å². The van der Waals surface area contributed by atoms with Gasteiger partial charge < -0.3 is 15.8 Å². The zero-order valence-electron chi connectivity index (χ0n) is 9.98. The molecule has 0 aromatic heterocycles. The molecule has 0 aliphatic carbocycles. The second-order valence-electron chi connectivity index (χ2n) is 4.46. The quantitative estimate of drug-likeness (QED) is 0.770. The van der Waals surface area contributed by atoms with E-state index in [1.165, 1.54) is 0 Å². The van der Waals surface area contributed by atoms with E-state index in [0.717, 1.165) is 18.6 Å². The van der Waals surface area contributed by atoms with Crippen LogP contribution in [0.3, 0.4) is 0 Å². The number of carbonyl (C=O) groups is 1. The number of nitrogens with one attached hydrogen (secondary N) is 1. The molecular formula is C13H18N2O2. The molecule has 0 saturated carbocycles. The minimum atomic E-state index is 0.0390. The number of benzene rings is 1. The Balaban J connectivity index is 1.86. The summed E-state index contributed by atoms with van der Waals surface area (Å²) in [6.07, 6.45) is 1.41. The van der Waals surface area contributed by atoms with Crippen molar-refractivity contribution in [2.75, 3.05) is 12.3 Å². The van der Waals surface area contributed by atoms with E-state index in [9.17, 15) is 4.79 Å². The summed E-state index contributed by atoms with van der Waals surface area (Å²) in [5.74, 6) is 0.0390. The molecule has 1 aromatic rings. The number of rotatable bonds is 3. The van der Waals surface area contributed by atoms with Crippen LogP contribution >= 0.6 is 0 Å². The van der Waals surface area contributed by atoms with Crippen molar-refractivity contribution in [3.8, 4) is 0 Å². The first-order chi connectivity index (χ1) is 8.15. The highest BCUT2D eigenvalue weighted by Crippen LogP contribution is 2.13. The molecule has 4 nitrogen and oxygen atoms in total. The third kappa shape index (κ3) is 3.20. The summed E-state index contributed by atoms with van der Waals surface area (Å²) in [5, 5.41) is 3.00. The van der Waals surface area contributed by atoms with E-state index < -0.39 is 0 Å². The monoisotopic (exact) mass is 234 g/mol. The summed E-state index contributed by atoms with van der Waals surface area (Å²) in [4.78, 5) is 11.8. The van der Waals surface area contributed by atoms with Crippen LogP contribution in [0.15, 0.2) is 24.3 Å². The van der Waals surface area contributed by atoms with E-state index >= 15 is 0 Å². The van der Waals surface area contributed by atoms with E-state index in [2.05, 4.69) is 5.32 Å². The standard InChI is InChI=1S/C13H18N2O2/c1-9-12(6-7-17-9)15-13(16)8-10-2-4-11(14)5-3-10/h2-5,9,12H,6-8,14H2,1H3,(H,15,16). The maximum Gasteiger partial charge on any atom is 0.224 e. The van der Waals surface area contributed by atoms with Gasteiger partial charge in [-0.05, 0) is 31.0 Å². The number of carbonyl (C=O) groups excluding carboxylic acids is 1. The van der Waals surface area contributed by atoms with Gasteiger partial charge >= 0.3 is 0 Å². The molecule has 1 fully saturated rings. The Bertz CT molecular complexity index is 389. The second kappa shape index (κ2) is 5.19. The molecule has 17 heavy (non-hydrogen) atoms. The average Bonchev–Trinajstić information content (AvgIpc) is 2.68. The summed E-state index contributed by atoms with van der Waals surface area (Å²) in [7, 11) is 0. The molecule has 0 spiro atoms. The molecule has 2 unspecified atom stereocenters. The maximum atomic E-state index is 11.8. The number of amides is 1. The van der Waals surface area contributed by atoms with Crippen LogP contribution in [0, 0.1) is 0 Å². The minimum absolute atomic E-state index is 0.0390. The summed E-state index contributed by atoms with van der Waals surface area (Å²) in [6, 6.07) is 7.53. The Kier molecular flexibility index (Phi) is 3.64. The Morgan fingerprint density at radius 2 is 2.18 bits per heavy atom. The largest absolute Gasteiger partial charge is 0.399 e. The van der Waals surface area contributed by atoms with Gasteiger partial charge in [-0.2, -0.15) is 0 Å². The van der Waals surface area contributed by atoms with E-state index in [1.54, 1.807) is 0 Å². The van der Waals surface area contributed by atoms with Gasteiger partial charge in [-0.15, -0.1) is 0 Å². The van der Waals surface area contributed by atoms with Crippen LogP contribution in [0.25, 0.3) is 0 Å². The molecule has 1 amide bonds. The first-order valence-electron chi connectivity index (χ1n) is 5.90. The van der Waals surface area contributed by atoms with Crippen LogP contribution in [-0.2, 0) is 16.0 Å². The minimum Gasteiger partial charge on any atom is -0.399 e. The number of nitrogens with two attached hydrogens (primary N) is 1. The van der Waals surface area contributed by atoms with Gasteiger partial charge in [-0.25, -0.2) is 0 Å². The first kappa shape index (κ1) is 11.9. The second-order valence-corrected chi connectivity index (χ2v) is 4.46. The molecule has 2 rings (SSSR count).